The summed E-state index contributed by atoms with van der Waals surface area (Å²) in [6.07, 6.45) is 11.0. The van der Waals surface area contributed by atoms with Gasteiger partial charge in [0.05, 0.1) is 0 Å². The first-order chi connectivity index (χ1) is 10.8. The lowest BCUT2D eigenvalue weighted by molar-refractivity contribution is 0.581. The lowest BCUT2D eigenvalue weighted by Crippen LogP contribution is -2.03. The van der Waals surface area contributed by atoms with Gasteiger partial charge < -0.3 is 5.32 Å². The first kappa shape index (κ1) is 16.9. The zero-order valence-corrected chi connectivity index (χ0v) is 14.3. The van der Waals surface area contributed by atoms with Gasteiger partial charge in [0.25, 0.3) is 0 Å². The van der Waals surface area contributed by atoms with Crippen LogP contribution >= 0.6 is 0 Å². The molecule has 0 aliphatic carbocycles. The molecular weight excluding hydrogens is 266 g/mol. The van der Waals surface area contributed by atoms with Gasteiger partial charge in [-0.25, -0.2) is 0 Å². The highest BCUT2D eigenvalue weighted by molar-refractivity contribution is 5.95. The van der Waals surface area contributed by atoms with E-state index in [0.29, 0.717) is 0 Å². The summed E-state index contributed by atoms with van der Waals surface area (Å²) >= 11 is 0. The van der Waals surface area contributed by atoms with E-state index in [0.717, 1.165) is 6.54 Å². The van der Waals surface area contributed by atoms with Crippen molar-refractivity contribution in [3.8, 4) is 0 Å². The second-order valence-electron chi connectivity index (χ2n) is 6.38. The summed E-state index contributed by atoms with van der Waals surface area (Å²) in [6, 6.07) is 13.1. The second-order valence-corrected chi connectivity index (χ2v) is 6.38. The summed E-state index contributed by atoms with van der Waals surface area (Å²) in [6.45, 7) is 5.56. The van der Waals surface area contributed by atoms with Crippen molar-refractivity contribution >= 4 is 16.5 Å². The second kappa shape index (κ2) is 9.50. The van der Waals surface area contributed by atoms with Crippen LogP contribution < -0.4 is 5.32 Å². The molecule has 1 N–H and O–H groups in total. The predicted octanol–water partition coefficient (Wildman–Crippen LogP) is 6.70. The van der Waals surface area contributed by atoms with Crippen LogP contribution in [0.1, 0.15) is 63.9 Å². The van der Waals surface area contributed by atoms with Crippen LogP contribution in [-0.4, -0.2) is 6.54 Å². The van der Waals surface area contributed by atoms with Crippen LogP contribution in [-0.2, 0) is 0 Å². The smallest absolute Gasteiger partial charge is 0.0449 e. The van der Waals surface area contributed by atoms with E-state index in [2.05, 4.69) is 55.6 Å². The third-order valence-electron chi connectivity index (χ3n) is 4.47. The van der Waals surface area contributed by atoms with Gasteiger partial charge >= 0.3 is 0 Å². The van der Waals surface area contributed by atoms with E-state index in [1.54, 1.807) is 0 Å². The van der Waals surface area contributed by atoms with E-state index in [1.165, 1.54) is 73.4 Å². The molecular formula is C21H31N. The highest BCUT2D eigenvalue weighted by Gasteiger charge is 2.03. The Morgan fingerprint density at radius 2 is 1.45 bits per heavy atom. The summed E-state index contributed by atoms with van der Waals surface area (Å²) in [5, 5.41) is 6.34. The molecule has 0 aliphatic heterocycles. The summed E-state index contributed by atoms with van der Waals surface area (Å²) in [5.41, 5.74) is 2.67. The lowest BCUT2D eigenvalue weighted by atomic mass is 10.0. The predicted molar refractivity (Wildman–Crippen MR) is 99.8 cm³/mol. The third kappa shape index (κ3) is 5.05. The van der Waals surface area contributed by atoms with Gasteiger partial charge in [-0.3, -0.25) is 0 Å². The summed E-state index contributed by atoms with van der Waals surface area (Å²) < 4.78 is 0. The van der Waals surface area contributed by atoms with Gasteiger partial charge in [0.1, 0.15) is 0 Å². The maximum Gasteiger partial charge on any atom is 0.0449 e. The quantitative estimate of drug-likeness (QED) is 0.481. The number of nitrogens with one attached hydrogen (secondary N) is 1. The molecule has 1 heteroatoms. The minimum atomic E-state index is 1.09. The maximum atomic E-state index is 3.67. The molecule has 0 aromatic heterocycles. The number of fused-ring (bicyclic) bond motifs is 1. The fourth-order valence-corrected chi connectivity index (χ4v) is 3.09. The average molecular weight is 297 g/mol. The standard InChI is InChI=1S/C21H31N/c1-3-4-5-6-7-8-9-12-17-22-21-18(2)15-16-19-13-10-11-14-20(19)21/h10-11,13-16,22H,3-9,12,17H2,1-2H3. The van der Waals surface area contributed by atoms with Crippen molar-refractivity contribution in [3.63, 3.8) is 0 Å². The largest absolute Gasteiger partial charge is 0.384 e. The highest BCUT2D eigenvalue weighted by atomic mass is 14.9. The Labute approximate surface area is 136 Å². The van der Waals surface area contributed by atoms with Crippen molar-refractivity contribution < 1.29 is 0 Å². The van der Waals surface area contributed by atoms with Gasteiger partial charge in [0, 0.05) is 17.6 Å². The Hall–Kier alpha value is -1.50. The SMILES string of the molecule is CCCCCCCCCCNc1c(C)ccc2ccccc12. The summed E-state index contributed by atoms with van der Waals surface area (Å²) in [7, 11) is 0. The summed E-state index contributed by atoms with van der Waals surface area (Å²) in [5.74, 6) is 0. The van der Waals surface area contributed by atoms with Gasteiger partial charge in [0.15, 0.2) is 0 Å². The summed E-state index contributed by atoms with van der Waals surface area (Å²) in [4.78, 5) is 0. The topological polar surface area (TPSA) is 12.0 Å². The monoisotopic (exact) mass is 297 g/mol. The fraction of sp³-hybridized carbons (Fsp3) is 0.524. The lowest BCUT2D eigenvalue weighted by Gasteiger charge is -2.13. The molecule has 0 bridgehead atoms. The Morgan fingerprint density at radius 3 is 2.23 bits per heavy atom. The first-order valence-corrected chi connectivity index (χ1v) is 9.05. The Kier molecular flexibility index (Phi) is 7.28. The number of anilines is 1. The Bertz CT molecular complexity index is 559. The van der Waals surface area contributed by atoms with Crippen LogP contribution in [0, 0.1) is 6.92 Å². The van der Waals surface area contributed by atoms with Crippen LogP contribution in [0.2, 0.25) is 0 Å². The molecule has 0 radical (unpaired) electrons. The van der Waals surface area contributed by atoms with Gasteiger partial charge in [0.2, 0.25) is 0 Å². The number of aryl methyl sites for hydroxylation is 1. The molecule has 22 heavy (non-hydrogen) atoms. The molecule has 0 heterocycles. The normalized spacial score (nSPS) is 11.0. The van der Waals surface area contributed by atoms with Crippen molar-refractivity contribution in [2.24, 2.45) is 0 Å². The minimum absolute atomic E-state index is 1.09. The Morgan fingerprint density at radius 1 is 0.773 bits per heavy atom. The molecule has 0 aliphatic rings. The minimum Gasteiger partial charge on any atom is -0.384 e. The molecule has 0 amide bonds. The molecule has 2 aromatic carbocycles. The van der Waals surface area contributed by atoms with E-state index in [4.69, 9.17) is 0 Å². The van der Waals surface area contributed by atoms with Gasteiger partial charge in [-0.1, -0.05) is 88.3 Å². The zero-order chi connectivity index (χ0) is 15.6. The number of hydrogen-bond acceptors (Lipinski definition) is 1. The van der Waals surface area contributed by atoms with Gasteiger partial charge in [-0.2, -0.15) is 0 Å². The van der Waals surface area contributed by atoms with Crippen LogP contribution in [0.4, 0.5) is 5.69 Å². The van der Waals surface area contributed by atoms with Crippen LogP contribution in [0.3, 0.4) is 0 Å². The maximum absolute atomic E-state index is 3.67. The van der Waals surface area contributed by atoms with Crippen molar-refractivity contribution in [1.29, 1.82) is 0 Å². The molecule has 1 nitrogen and oxygen atoms in total. The van der Waals surface area contributed by atoms with E-state index >= 15 is 0 Å². The molecule has 0 fully saturated rings. The van der Waals surface area contributed by atoms with E-state index in [9.17, 15) is 0 Å². The molecule has 2 rings (SSSR count). The fourth-order valence-electron chi connectivity index (χ4n) is 3.09. The molecule has 0 saturated carbocycles. The first-order valence-electron chi connectivity index (χ1n) is 9.05. The van der Waals surface area contributed by atoms with Crippen LogP contribution in [0.25, 0.3) is 10.8 Å². The third-order valence-corrected chi connectivity index (χ3v) is 4.47. The van der Waals surface area contributed by atoms with Crippen molar-refractivity contribution in [1.82, 2.24) is 0 Å². The molecule has 0 unspecified atom stereocenters. The number of unbranched alkanes of at least 4 members (excludes halogenated alkanes) is 7. The average Bonchev–Trinajstić information content (AvgIpc) is 2.55. The Balaban J connectivity index is 1.72. The van der Waals surface area contributed by atoms with Gasteiger partial charge in [-0.05, 0) is 24.3 Å². The molecule has 0 saturated heterocycles. The van der Waals surface area contributed by atoms with E-state index < -0.39 is 0 Å². The van der Waals surface area contributed by atoms with Crippen molar-refractivity contribution in [2.75, 3.05) is 11.9 Å². The number of hydrogen-bond donors (Lipinski definition) is 1. The molecule has 0 atom stereocenters. The highest BCUT2D eigenvalue weighted by Crippen LogP contribution is 2.27. The van der Waals surface area contributed by atoms with E-state index in [-0.39, 0.29) is 0 Å². The number of rotatable bonds is 10. The van der Waals surface area contributed by atoms with Crippen LogP contribution in [0.5, 0.6) is 0 Å². The molecule has 2 aromatic rings. The van der Waals surface area contributed by atoms with Gasteiger partial charge in [-0.15, -0.1) is 0 Å². The molecule has 120 valence electrons. The van der Waals surface area contributed by atoms with Crippen molar-refractivity contribution in [2.45, 2.75) is 65.2 Å². The van der Waals surface area contributed by atoms with Crippen molar-refractivity contribution in [3.05, 3.63) is 42.0 Å². The molecule has 0 spiro atoms. The number of benzene rings is 2. The van der Waals surface area contributed by atoms with Crippen LogP contribution in [0.15, 0.2) is 36.4 Å². The zero-order valence-electron chi connectivity index (χ0n) is 14.3. The van der Waals surface area contributed by atoms with E-state index in [1.807, 2.05) is 0 Å².